The summed E-state index contributed by atoms with van der Waals surface area (Å²) in [4.78, 5) is 25.8. The first kappa shape index (κ1) is 16.7. The van der Waals surface area contributed by atoms with Gasteiger partial charge in [-0.05, 0) is 25.3 Å². The maximum atomic E-state index is 12.4. The monoisotopic (exact) mass is 307 g/mol. The predicted molar refractivity (Wildman–Crippen MR) is 83.7 cm³/mol. The van der Waals surface area contributed by atoms with Crippen LogP contribution in [0.15, 0.2) is 16.9 Å². The van der Waals surface area contributed by atoms with Crippen LogP contribution >= 0.6 is 0 Å². The molecule has 6 heteroatoms. The molecule has 0 saturated heterocycles. The molecule has 2 rings (SSSR count). The highest BCUT2D eigenvalue weighted by atomic mass is 16.3. The third-order valence-corrected chi connectivity index (χ3v) is 4.28. The number of nitrogens with zero attached hydrogens (tertiary/aromatic N) is 3. The van der Waals surface area contributed by atoms with E-state index >= 15 is 0 Å². The molecule has 1 heterocycles. The van der Waals surface area contributed by atoms with Crippen molar-refractivity contribution in [2.75, 3.05) is 13.6 Å². The minimum absolute atomic E-state index is 0.139. The quantitative estimate of drug-likeness (QED) is 0.859. The molecule has 1 aliphatic rings. The number of carbonyl (C=O) groups is 1. The van der Waals surface area contributed by atoms with Crippen molar-refractivity contribution in [2.24, 2.45) is 5.92 Å². The van der Waals surface area contributed by atoms with Crippen LogP contribution in [0, 0.1) is 5.92 Å². The number of aryl methyl sites for hydroxylation is 1. The van der Waals surface area contributed by atoms with Crippen molar-refractivity contribution >= 4 is 5.91 Å². The van der Waals surface area contributed by atoms with Crippen molar-refractivity contribution in [2.45, 2.75) is 51.7 Å². The van der Waals surface area contributed by atoms with Crippen molar-refractivity contribution in [1.29, 1.82) is 0 Å². The minimum atomic E-state index is -0.318. The lowest BCUT2D eigenvalue weighted by Crippen LogP contribution is -2.36. The third kappa shape index (κ3) is 3.94. The molecule has 2 unspecified atom stereocenters. The van der Waals surface area contributed by atoms with Crippen LogP contribution in [-0.4, -0.2) is 45.4 Å². The van der Waals surface area contributed by atoms with Crippen molar-refractivity contribution in [1.82, 2.24) is 14.7 Å². The van der Waals surface area contributed by atoms with Crippen LogP contribution in [0.2, 0.25) is 0 Å². The lowest BCUT2D eigenvalue weighted by Gasteiger charge is -2.23. The number of unbranched alkanes of at least 4 members (excludes halogenated alkanes) is 1. The molecule has 1 amide bonds. The Balaban J connectivity index is 2.06. The number of rotatable bonds is 6. The van der Waals surface area contributed by atoms with E-state index in [1.807, 2.05) is 6.92 Å². The Morgan fingerprint density at radius 1 is 1.45 bits per heavy atom. The molecule has 0 radical (unpaired) electrons. The largest absolute Gasteiger partial charge is 0.393 e. The second-order valence-electron chi connectivity index (χ2n) is 6.08. The van der Waals surface area contributed by atoms with Crippen LogP contribution in [0.1, 0.15) is 49.5 Å². The zero-order valence-corrected chi connectivity index (χ0v) is 13.4. The number of aliphatic hydroxyl groups excluding tert-OH is 1. The molecular weight excluding hydrogens is 282 g/mol. The number of aromatic nitrogens is 2. The standard InChI is InChI=1S/C16H25N3O3/c1-3-4-10-19-15(21)9-8-13(17-19)16(22)18(2)11-12-6-5-7-14(12)20/h8-9,12,14,20H,3-7,10-11H2,1-2H3. The first-order chi connectivity index (χ1) is 10.5. The summed E-state index contributed by atoms with van der Waals surface area (Å²) in [7, 11) is 1.72. The molecule has 1 aromatic heterocycles. The molecule has 0 aliphatic heterocycles. The molecule has 1 aliphatic carbocycles. The van der Waals surface area contributed by atoms with Crippen molar-refractivity contribution < 1.29 is 9.90 Å². The Morgan fingerprint density at radius 2 is 2.23 bits per heavy atom. The van der Waals surface area contributed by atoms with Gasteiger partial charge in [0, 0.05) is 32.1 Å². The van der Waals surface area contributed by atoms with Gasteiger partial charge in [0.1, 0.15) is 5.69 Å². The Kier molecular flexibility index (Phi) is 5.71. The summed E-state index contributed by atoms with van der Waals surface area (Å²) in [5, 5.41) is 14.0. The summed E-state index contributed by atoms with van der Waals surface area (Å²) >= 11 is 0. The molecule has 0 aromatic carbocycles. The average Bonchev–Trinajstić information content (AvgIpc) is 2.91. The van der Waals surface area contributed by atoms with Crippen LogP contribution in [0.5, 0.6) is 0 Å². The Labute approximate surface area is 130 Å². The maximum absolute atomic E-state index is 12.4. The number of amides is 1. The number of hydrogen-bond donors (Lipinski definition) is 1. The molecule has 22 heavy (non-hydrogen) atoms. The fraction of sp³-hybridized carbons (Fsp3) is 0.688. The molecule has 1 saturated carbocycles. The summed E-state index contributed by atoms with van der Waals surface area (Å²) in [5.74, 6) is -0.0655. The fourth-order valence-electron chi connectivity index (χ4n) is 2.89. The smallest absolute Gasteiger partial charge is 0.274 e. The maximum Gasteiger partial charge on any atom is 0.274 e. The number of aliphatic hydroxyl groups is 1. The summed E-state index contributed by atoms with van der Waals surface area (Å²) < 4.78 is 1.36. The topological polar surface area (TPSA) is 75.4 Å². The summed E-state index contributed by atoms with van der Waals surface area (Å²) in [6, 6.07) is 2.88. The second kappa shape index (κ2) is 7.54. The fourth-order valence-corrected chi connectivity index (χ4v) is 2.89. The number of hydrogen-bond acceptors (Lipinski definition) is 4. The lowest BCUT2D eigenvalue weighted by atomic mass is 10.1. The van der Waals surface area contributed by atoms with E-state index in [0.29, 0.717) is 13.1 Å². The Morgan fingerprint density at radius 3 is 2.86 bits per heavy atom. The van der Waals surface area contributed by atoms with Crippen LogP contribution in [0.4, 0.5) is 0 Å². The van der Waals surface area contributed by atoms with Crippen LogP contribution in [0.25, 0.3) is 0 Å². The SMILES string of the molecule is CCCCn1nc(C(=O)N(C)CC2CCCC2O)ccc1=O. The molecular formula is C16H25N3O3. The van der Waals surface area contributed by atoms with Gasteiger partial charge in [0.15, 0.2) is 0 Å². The summed E-state index contributed by atoms with van der Waals surface area (Å²) in [5.41, 5.74) is 0.101. The van der Waals surface area contributed by atoms with Gasteiger partial charge in [-0.25, -0.2) is 4.68 Å². The van der Waals surface area contributed by atoms with Gasteiger partial charge in [0.25, 0.3) is 11.5 Å². The van der Waals surface area contributed by atoms with E-state index in [2.05, 4.69) is 5.10 Å². The van der Waals surface area contributed by atoms with Gasteiger partial charge < -0.3 is 10.0 Å². The molecule has 1 aromatic rings. The molecule has 6 nitrogen and oxygen atoms in total. The third-order valence-electron chi connectivity index (χ3n) is 4.28. The highest BCUT2D eigenvalue weighted by Crippen LogP contribution is 2.26. The summed E-state index contributed by atoms with van der Waals surface area (Å²) in [6.45, 7) is 3.10. The second-order valence-corrected chi connectivity index (χ2v) is 6.08. The van der Waals surface area contributed by atoms with Crippen molar-refractivity contribution in [3.05, 3.63) is 28.2 Å². The van der Waals surface area contributed by atoms with Gasteiger partial charge >= 0.3 is 0 Å². The Bertz CT molecular complexity index is 570. The molecule has 1 fully saturated rings. The molecule has 0 spiro atoms. The van der Waals surface area contributed by atoms with Gasteiger partial charge in [-0.2, -0.15) is 5.10 Å². The van der Waals surface area contributed by atoms with Gasteiger partial charge in [-0.3, -0.25) is 9.59 Å². The van der Waals surface area contributed by atoms with Gasteiger partial charge in [0.05, 0.1) is 6.10 Å². The van der Waals surface area contributed by atoms with E-state index in [0.717, 1.165) is 32.1 Å². The van der Waals surface area contributed by atoms with E-state index < -0.39 is 0 Å². The zero-order valence-electron chi connectivity index (χ0n) is 13.4. The van der Waals surface area contributed by atoms with E-state index in [1.165, 1.54) is 16.8 Å². The van der Waals surface area contributed by atoms with Gasteiger partial charge in [0.2, 0.25) is 0 Å². The first-order valence-electron chi connectivity index (χ1n) is 8.04. The first-order valence-corrected chi connectivity index (χ1v) is 8.04. The number of carbonyl (C=O) groups excluding carboxylic acids is 1. The Hall–Kier alpha value is -1.69. The van der Waals surface area contributed by atoms with Gasteiger partial charge in [-0.15, -0.1) is 0 Å². The van der Waals surface area contributed by atoms with Crippen LogP contribution in [-0.2, 0) is 6.54 Å². The average molecular weight is 307 g/mol. The molecule has 2 atom stereocenters. The minimum Gasteiger partial charge on any atom is -0.393 e. The molecule has 0 bridgehead atoms. The highest BCUT2D eigenvalue weighted by molar-refractivity contribution is 5.91. The predicted octanol–water partition coefficient (Wildman–Crippen LogP) is 1.28. The lowest BCUT2D eigenvalue weighted by molar-refractivity contribution is 0.0685. The van der Waals surface area contributed by atoms with Crippen molar-refractivity contribution in [3.63, 3.8) is 0 Å². The highest BCUT2D eigenvalue weighted by Gasteiger charge is 2.28. The van der Waals surface area contributed by atoms with E-state index in [4.69, 9.17) is 0 Å². The van der Waals surface area contributed by atoms with E-state index in [-0.39, 0.29) is 29.2 Å². The van der Waals surface area contributed by atoms with E-state index in [1.54, 1.807) is 11.9 Å². The van der Waals surface area contributed by atoms with E-state index in [9.17, 15) is 14.7 Å². The molecule has 122 valence electrons. The summed E-state index contributed by atoms with van der Waals surface area (Å²) in [6.07, 6.45) is 4.27. The zero-order chi connectivity index (χ0) is 16.1. The van der Waals surface area contributed by atoms with Crippen LogP contribution < -0.4 is 5.56 Å². The molecule has 1 N–H and O–H groups in total. The normalized spacial score (nSPS) is 21.0. The van der Waals surface area contributed by atoms with Crippen molar-refractivity contribution in [3.8, 4) is 0 Å². The van der Waals surface area contributed by atoms with Crippen LogP contribution in [0.3, 0.4) is 0 Å². The van der Waals surface area contributed by atoms with Gasteiger partial charge in [-0.1, -0.05) is 19.8 Å².